The van der Waals surface area contributed by atoms with Crippen molar-refractivity contribution in [3.05, 3.63) is 71.3 Å². The second-order valence-electron chi connectivity index (χ2n) is 8.29. The van der Waals surface area contributed by atoms with Gasteiger partial charge in [0.2, 0.25) is 5.91 Å². The number of nitrogens with one attached hydrogen (secondary N) is 1. The second kappa shape index (κ2) is 9.38. The van der Waals surface area contributed by atoms with E-state index in [9.17, 15) is 4.79 Å². The van der Waals surface area contributed by atoms with Crippen LogP contribution in [0.1, 0.15) is 54.8 Å². The quantitative estimate of drug-likeness (QED) is 0.752. The van der Waals surface area contributed by atoms with Gasteiger partial charge in [-0.2, -0.15) is 0 Å². The third-order valence-electron chi connectivity index (χ3n) is 6.46. The van der Waals surface area contributed by atoms with Crippen molar-refractivity contribution in [3.8, 4) is 0 Å². The van der Waals surface area contributed by atoms with Crippen molar-refractivity contribution in [2.24, 2.45) is 5.92 Å². The fourth-order valence-corrected chi connectivity index (χ4v) is 5.01. The molecule has 2 aromatic carbocycles. The van der Waals surface area contributed by atoms with E-state index >= 15 is 0 Å². The highest BCUT2D eigenvalue weighted by molar-refractivity contribution is 5.79. The number of amides is 1. The van der Waals surface area contributed by atoms with Crippen molar-refractivity contribution in [2.45, 2.75) is 51.0 Å². The Hall–Kier alpha value is -2.13. The van der Waals surface area contributed by atoms with Gasteiger partial charge in [0.15, 0.2) is 0 Å². The number of rotatable bonds is 6. The van der Waals surface area contributed by atoms with Crippen LogP contribution in [0, 0.1) is 5.92 Å². The van der Waals surface area contributed by atoms with Crippen LogP contribution in [0.4, 0.5) is 0 Å². The highest BCUT2D eigenvalue weighted by Gasteiger charge is 2.36. The van der Waals surface area contributed by atoms with Crippen LogP contribution in [-0.2, 0) is 17.6 Å². The van der Waals surface area contributed by atoms with Gasteiger partial charge in [-0.3, -0.25) is 4.79 Å². The average Bonchev–Trinajstić information content (AvgIpc) is 2.77. The van der Waals surface area contributed by atoms with Gasteiger partial charge in [0.05, 0.1) is 12.6 Å². The summed E-state index contributed by atoms with van der Waals surface area (Å²) < 4.78 is 0. The number of fused-ring (bicyclic) bond motifs is 1. The van der Waals surface area contributed by atoms with E-state index in [0.29, 0.717) is 12.5 Å². The Morgan fingerprint density at radius 1 is 0.964 bits per heavy atom. The van der Waals surface area contributed by atoms with Gasteiger partial charge in [0, 0.05) is 6.54 Å². The highest BCUT2D eigenvalue weighted by atomic mass is 16.2. The molecule has 1 amide bonds. The maximum absolute atomic E-state index is 13.1. The maximum Gasteiger partial charge on any atom is 0.237 e. The summed E-state index contributed by atoms with van der Waals surface area (Å²) in [5, 5.41) is 3.39. The molecule has 4 rings (SSSR count). The molecule has 1 atom stereocenters. The van der Waals surface area contributed by atoms with Crippen LogP contribution in [0.25, 0.3) is 0 Å². The molecule has 28 heavy (non-hydrogen) atoms. The minimum absolute atomic E-state index is 0.262. The van der Waals surface area contributed by atoms with Crippen molar-refractivity contribution in [3.63, 3.8) is 0 Å². The Morgan fingerprint density at radius 3 is 2.54 bits per heavy atom. The molecule has 0 saturated heterocycles. The predicted molar refractivity (Wildman–Crippen MR) is 114 cm³/mol. The van der Waals surface area contributed by atoms with Gasteiger partial charge in [-0.1, -0.05) is 73.9 Å². The van der Waals surface area contributed by atoms with Crippen LogP contribution in [-0.4, -0.2) is 30.4 Å². The van der Waals surface area contributed by atoms with E-state index < -0.39 is 0 Å². The molecule has 0 spiro atoms. The summed E-state index contributed by atoms with van der Waals surface area (Å²) in [7, 11) is 0. The standard InChI is InChI=1S/C25H32N2O/c28-24(19-26-17-15-20-9-3-1-4-10-20)27-18-16-21-11-7-8-14-23(21)25(27)22-12-5-2-6-13-22/h1,3-4,7-11,14,22,25-26H,2,5-6,12-13,15-19H2. The summed E-state index contributed by atoms with van der Waals surface area (Å²) in [6.45, 7) is 2.14. The largest absolute Gasteiger partial charge is 0.334 e. The summed E-state index contributed by atoms with van der Waals surface area (Å²) in [4.78, 5) is 15.3. The number of nitrogens with zero attached hydrogens (tertiary/aromatic N) is 1. The number of carbonyl (C=O) groups excluding carboxylic acids is 1. The fourth-order valence-electron chi connectivity index (χ4n) is 5.01. The zero-order valence-corrected chi connectivity index (χ0v) is 16.8. The van der Waals surface area contributed by atoms with E-state index in [1.165, 1.54) is 48.8 Å². The zero-order chi connectivity index (χ0) is 19.2. The molecule has 2 aliphatic rings. The van der Waals surface area contributed by atoms with Crippen LogP contribution in [0.5, 0.6) is 0 Å². The first-order chi connectivity index (χ1) is 13.8. The highest BCUT2D eigenvalue weighted by Crippen LogP contribution is 2.41. The van der Waals surface area contributed by atoms with Crippen LogP contribution < -0.4 is 5.32 Å². The Labute approximate surface area is 169 Å². The lowest BCUT2D eigenvalue weighted by Gasteiger charge is -2.43. The molecule has 0 aromatic heterocycles. The van der Waals surface area contributed by atoms with E-state index in [-0.39, 0.29) is 11.9 Å². The zero-order valence-electron chi connectivity index (χ0n) is 16.8. The topological polar surface area (TPSA) is 32.3 Å². The summed E-state index contributed by atoms with van der Waals surface area (Å²) in [6, 6.07) is 19.5. The molecule has 1 unspecified atom stereocenters. The van der Waals surface area contributed by atoms with Gasteiger partial charge < -0.3 is 10.2 Å². The molecule has 1 aliphatic heterocycles. The van der Waals surface area contributed by atoms with E-state index in [2.05, 4.69) is 58.7 Å². The van der Waals surface area contributed by atoms with Crippen molar-refractivity contribution in [1.29, 1.82) is 0 Å². The van der Waals surface area contributed by atoms with Crippen LogP contribution in [0.15, 0.2) is 54.6 Å². The first-order valence-electron chi connectivity index (χ1n) is 10.9. The molecule has 2 aromatic rings. The molecule has 1 heterocycles. The Bertz CT molecular complexity index is 767. The lowest BCUT2D eigenvalue weighted by atomic mass is 9.77. The Morgan fingerprint density at radius 2 is 1.71 bits per heavy atom. The first-order valence-corrected chi connectivity index (χ1v) is 10.9. The maximum atomic E-state index is 13.1. The monoisotopic (exact) mass is 376 g/mol. The Kier molecular flexibility index (Phi) is 6.43. The number of hydrogen-bond donors (Lipinski definition) is 1. The first kappa shape index (κ1) is 19.2. The summed E-state index contributed by atoms with van der Waals surface area (Å²) >= 11 is 0. The van der Waals surface area contributed by atoms with Crippen molar-refractivity contribution < 1.29 is 4.79 Å². The lowest BCUT2D eigenvalue weighted by Crippen LogP contribution is -2.47. The lowest BCUT2D eigenvalue weighted by molar-refractivity contribution is -0.134. The smallest absolute Gasteiger partial charge is 0.237 e. The van der Waals surface area contributed by atoms with Crippen LogP contribution in [0.3, 0.4) is 0 Å². The van der Waals surface area contributed by atoms with Crippen molar-refractivity contribution in [2.75, 3.05) is 19.6 Å². The number of carbonyl (C=O) groups is 1. The average molecular weight is 377 g/mol. The van der Waals surface area contributed by atoms with Gasteiger partial charge in [0.25, 0.3) is 0 Å². The molecule has 0 bridgehead atoms. The predicted octanol–water partition coefficient (Wildman–Crippen LogP) is 4.53. The van der Waals surface area contributed by atoms with Gasteiger partial charge in [-0.15, -0.1) is 0 Å². The van der Waals surface area contributed by atoms with E-state index in [1.807, 2.05) is 6.07 Å². The summed E-state index contributed by atoms with van der Waals surface area (Å²) in [6.07, 6.45) is 8.41. The third-order valence-corrected chi connectivity index (χ3v) is 6.46. The number of benzene rings is 2. The van der Waals surface area contributed by atoms with Gasteiger partial charge in [-0.25, -0.2) is 0 Å². The molecule has 1 aliphatic carbocycles. The molecular formula is C25H32N2O. The third kappa shape index (κ3) is 4.47. The van der Waals surface area contributed by atoms with E-state index in [4.69, 9.17) is 0 Å². The van der Waals surface area contributed by atoms with Gasteiger partial charge in [0.1, 0.15) is 0 Å². The van der Waals surface area contributed by atoms with Crippen LogP contribution in [0.2, 0.25) is 0 Å². The molecule has 1 fully saturated rings. The normalized spacial score (nSPS) is 20.0. The van der Waals surface area contributed by atoms with Crippen molar-refractivity contribution >= 4 is 5.91 Å². The number of hydrogen-bond acceptors (Lipinski definition) is 2. The minimum Gasteiger partial charge on any atom is -0.334 e. The van der Waals surface area contributed by atoms with Gasteiger partial charge in [-0.05, 0) is 54.8 Å². The molecule has 3 heteroatoms. The molecular weight excluding hydrogens is 344 g/mol. The molecule has 3 nitrogen and oxygen atoms in total. The van der Waals surface area contributed by atoms with E-state index in [0.717, 1.165) is 25.9 Å². The second-order valence-corrected chi connectivity index (χ2v) is 8.29. The summed E-state index contributed by atoms with van der Waals surface area (Å²) in [5.41, 5.74) is 4.16. The molecule has 0 radical (unpaired) electrons. The van der Waals surface area contributed by atoms with Crippen molar-refractivity contribution in [1.82, 2.24) is 10.2 Å². The fraction of sp³-hybridized carbons (Fsp3) is 0.480. The minimum atomic E-state index is 0.262. The van der Waals surface area contributed by atoms with Gasteiger partial charge >= 0.3 is 0 Å². The Balaban J connectivity index is 1.40. The van der Waals surface area contributed by atoms with Crippen LogP contribution >= 0.6 is 0 Å². The molecule has 1 N–H and O–H groups in total. The van der Waals surface area contributed by atoms with E-state index in [1.54, 1.807) is 0 Å². The molecule has 1 saturated carbocycles. The molecule has 148 valence electrons. The SMILES string of the molecule is O=C(CNCCc1ccccc1)N1CCc2ccccc2C1C1CCCCC1. The summed E-state index contributed by atoms with van der Waals surface area (Å²) in [5.74, 6) is 0.876.